The second-order valence-corrected chi connectivity index (χ2v) is 8.22. The minimum absolute atomic E-state index is 0.0335. The summed E-state index contributed by atoms with van der Waals surface area (Å²) >= 11 is 11.5. The van der Waals surface area contributed by atoms with Gasteiger partial charge < -0.3 is 5.11 Å². The van der Waals surface area contributed by atoms with Gasteiger partial charge in [0.25, 0.3) is 5.91 Å². The van der Waals surface area contributed by atoms with Crippen LogP contribution < -0.4 is 0 Å². The lowest BCUT2D eigenvalue weighted by Gasteiger charge is -2.13. The average Bonchev–Trinajstić information content (AvgIpc) is 2.83. The number of carbonyl (C=O) groups is 2. The van der Waals surface area contributed by atoms with E-state index in [0.717, 1.165) is 14.2 Å². The third-order valence-corrected chi connectivity index (χ3v) is 6.04. The van der Waals surface area contributed by atoms with Crippen LogP contribution in [0.1, 0.15) is 22.6 Å². The Balaban J connectivity index is 2.10. The molecule has 1 aromatic rings. The SMILES string of the molecule is Cc1cc(Br)c(/C=C2/SC(=S)N(CCCC(=O)O)C2=O)s1. The van der Waals surface area contributed by atoms with Crippen molar-refractivity contribution < 1.29 is 14.7 Å². The maximum absolute atomic E-state index is 12.3. The van der Waals surface area contributed by atoms with E-state index in [9.17, 15) is 9.59 Å². The number of thioether (sulfide) groups is 1. The van der Waals surface area contributed by atoms with Crippen LogP contribution in [0.3, 0.4) is 0 Å². The molecular formula is C13H12BrNO3S3. The highest BCUT2D eigenvalue weighted by Crippen LogP contribution is 2.36. The number of hydrogen-bond acceptors (Lipinski definition) is 5. The van der Waals surface area contributed by atoms with Gasteiger partial charge in [-0.15, -0.1) is 11.3 Å². The number of carbonyl (C=O) groups excluding carboxylic acids is 1. The van der Waals surface area contributed by atoms with E-state index in [1.807, 2.05) is 19.1 Å². The maximum Gasteiger partial charge on any atom is 0.303 e. The fourth-order valence-electron chi connectivity index (χ4n) is 1.80. The number of rotatable bonds is 5. The number of aliphatic carboxylic acids is 1. The molecule has 0 saturated carbocycles. The maximum atomic E-state index is 12.3. The molecule has 4 nitrogen and oxygen atoms in total. The molecule has 0 unspecified atom stereocenters. The first-order chi connectivity index (χ1) is 9.88. The van der Waals surface area contributed by atoms with Gasteiger partial charge in [0, 0.05) is 27.2 Å². The van der Waals surface area contributed by atoms with Gasteiger partial charge in [0.1, 0.15) is 4.32 Å². The van der Waals surface area contributed by atoms with Crippen LogP contribution in [0.2, 0.25) is 0 Å². The molecule has 21 heavy (non-hydrogen) atoms. The number of aryl methyl sites for hydroxylation is 1. The summed E-state index contributed by atoms with van der Waals surface area (Å²) in [5.74, 6) is -1.01. The summed E-state index contributed by atoms with van der Waals surface area (Å²) < 4.78 is 1.45. The largest absolute Gasteiger partial charge is 0.481 e. The van der Waals surface area contributed by atoms with Crippen molar-refractivity contribution in [3.8, 4) is 0 Å². The highest BCUT2D eigenvalue weighted by molar-refractivity contribution is 9.10. The fraction of sp³-hybridized carbons (Fsp3) is 0.308. The molecule has 2 rings (SSSR count). The van der Waals surface area contributed by atoms with Gasteiger partial charge in [-0.2, -0.15) is 0 Å². The van der Waals surface area contributed by atoms with Crippen LogP contribution in [-0.4, -0.2) is 32.7 Å². The van der Waals surface area contributed by atoms with Gasteiger partial charge in [-0.3, -0.25) is 14.5 Å². The summed E-state index contributed by atoms with van der Waals surface area (Å²) in [5, 5.41) is 8.64. The van der Waals surface area contributed by atoms with Crippen molar-refractivity contribution in [1.29, 1.82) is 0 Å². The van der Waals surface area contributed by atoms with Crippen molar-refractivity contribution >= 4 is 73.5 Å². The molecule has 1 N–H and O–H groups in total. The van der Waals surface area contributed by atoms with E-state index in [1.54, 1.807) is 11.3 Å². The lowest BCUT2D eigenvalue weighted by molar-refractivity contribution is -0.137. The van der Waals surface area contributed by atoms with E-state index in [0.29, 0.717) is 22.2 Å². The number of carboxylic acid groups (broad SMARTS) is 1. The van der Waals surface area contributed by atoms with Crippen LogP contribution in [0.25, 0.3) is 6.08 Å². The Morgan fingerprint density at radius 2 is 2.29 bits per heavy atom. The Bertz CT molecular complexity index is 639. The summed E-state index contributed by atoms with van der Waals surface area (Å²) in [5.41, 5.74) is 0. The van der Waals surface area contributed by atoms with Gasteiger partial charge in [-0.25, -0.2) is 0 Å². The molecule has 0 radical (unpaired) electrons. The van der Waals surface area contributed by atoms with Crippen LogP contribution >= 0.6 is 51.2 Å². The monoisotopic (exact) mass is 405 g/mol. The number of thiocarbonyl (C=S) groups is 1. The normalized spacial score (nSPS) is 17.0. The molecule has 2 heterocycles. The minimum atomic E-state index is -0.867. The van der Waals surface area contributed by atoms with Crippen LogP contribution in [0, 0.1) is 6.92 Å². The summed E-state index contributed by atoms with van der Waals surface area (Å²) in [7, 11) is 0. The van der Waals surface area contributed by atoms with Gasteiger partial charge in [-0.1, -0.05) is 24.0 Å². The number of amides is 1. The highest BCUT2D eigenvalue weighted by atomic mass is 79.9. The summed E-state index contributed by atoms with van der Waals surface area (Å²) in [6, 6.07) is 2.00. The number of thiophene rings is 1. The predicted molar refractivity (Wildman–Crippen MR) is 93.5 cm³/mol. The van der Waals surface area contributed by atoms with E-state index in [4.69, 9.17) is 17.3 Å². The number of nitrogens with zero attached hydrogens (tertiary/aromatic N) is 1. The molecule has 0 spiro atoms. The van der Waals surface area contributed by atoms with E-state index in [1.165, 1.54) is 16.7 Å². The molecule has 0 bridgehead atoms. The molecule has 1 fully saturated rings. The number of carboxylic acids is 1. The third-order valence-electron chi connectivity index (χ3n) is 2.74. The first kappa shape index (κ1) is 16.7. The molecule has 1 amide bonds. The molecule has 0 atom stereocenters. The number of halogens is 1. The predicted octanol–water partition coefficient (Wildman–Crippen LogP) is 3.89. The van der Waals surface area contributed by atoms with Gasteiger partial charge in [-0.05, 0) is 41.4 Å². The quantitative estimate of drug-likeness (QED) is 0.594. The zero-order valence-corrected chi connectivity index (χ0v) is 15.1. The summed E-state index contributed by atoms with van der Waals surface area (Å²) in [6.07, 6.45) is 2.26. The standard InChI is InChI=1S/C13H12BrNO3S3/c1-7-5-8(14)9(20-7)6-10-12(18)15(13(19)21-10)4-2-3-11(16)17/h5-6H,2-4H2,1H3,(H,16,17)/b10-6+. The first-order valence-electron chi connectivity index (χ1n) is 6.11. The molecule has 0 aromatic carbocycles. The Morgan fingerprint density at radius 3 is 2.86 bits per heavy atom. The smallest absolute Gasteiger partial charge is 0.303 e. The Morgan fingerprint density at radius 1 is 1.57 bits per heavy atom. The second kappa shape index (κ2) is 7.04. The Hall–Kier alpha value is -0.700. The zero-order valence-electron chi connectivity index (χ0n) is 11.1. The minimum Gasteiger partial charge on any atom is -0.481 e. The van der Waals surface area contributed by atoms with Crippen molar-refractivity contribution in [2.24, 2.45) is 0 Å². The Labute approximate surface area is 144 Å². The molecule has 1 saturated heterocycles. The molecule has 0 aliphatic carbocycles. The molecular weight excluding hydrogens is 394 g/mol. The van der Waals surface area contributed by atoms with Crippen molar-refractivity contribution in [3.05, 3.63) is 25.2 Å². The lowest BCUT2D eigenvalue weighted by Crippen LogP contribution is -2.29. The highest BCUT2D eigenvalue weighted by Gasteiger charge is 2.31. The van der Waals surface area contributed by atoms with E-state index in [2.05, 4.69) is 15.9 Å². The van der Waals surface area contributed by atoms with Crippen molar-refractivity contribution in [2.75, 3.05) is 6.54 Å². The van der Waals surface area contributed by atoms with Crippen LogP contribution in [0.15, 0.2) is 15.4 Å². The molecule has 8 heteroatoms. The van der Waals surface area contributed by atoms with Crippen LogP contribution in [0.5, 0.6) is 0 Å². The molecule has 1 aliphatic heterocycles. The number of hydrogen-bond donors (Lipinski definition) is 1. The summed E-state index contributed by atoms with van der Waals surface area (Å²) in [6.45, 7) is 2.35. The topological polar surface area (TPSA) is 57.6 Å². The van der Waals surface area contributed by atoms with E-state index >= 15 is 0 Å². The lowest BCUT2D eigenvalue weighted by atomic mass is 10.3. The molecule has 1 aromatic heterocycles. The van der Waals surface area contributed by atoms with Gasteiger partial charge in [0.2, 0.25) is 0 Å². The van der Waals surface area contributed by atoms with E-state index in [-0.39, 0.29) is 12.3 Å². The molecule has 1 aliphatic rings. The third kappa shape index (κ3) is 4.15. The van der Waals surface area contributed by atoms with Gasteiger partial charge in [0.15, 0.2) is 0 Å². The van der Waals surface area contributed by atoms with Crippen LogP contribution in [-0.2, 0) is 9.59 Å². The van der Waals surface area contributed by atoms with Crippen LogP contribution in [0.4, 0.5) is 0 Å². The first-order valence-corrected chi connectivity index (χ1v) is 8.95. The van der Waals surface area contributed by atoms with Crippen molar-refractivity contribution in [3.63, 3.8) is 0 Å². The molecule has 112 valence electrons. The summed E-state index contributed by atoms with van der Waals surface area (Å²) in [4.78, 5) is 27.0. The van der Waals surface area contributed by atoms with Gasteiger partial charge in [0.05, 0.1) is 4.91 Å². The van der Waals surface area contributed by atoms with E-state index < -0.39 is 5.97 Å². The second-order valence-electron chi connectivity index (χ2n) is 4.40. The average molecular weight is 406 g/mol. The van der Waals surface area contributed by atoms with Gasteiger partial charge >= 0.3 is 5.97 Å². The zero-order chi connectivity index (χ0) is 15.6. The Kier molecular flexibility index (Phi) is 5.59. The van der Waals surface area contributed by atoms with Crippen molar-refractivity contribution in [1.82, 2.24) is 4.90 Å². The van der Waals surface area contributed by atoms with Crippen molar-refractivity contribution in [2.45, 2.75) is 19.8 Å². The fourth-order valence-corrected chi connectivity index (χ4v) is 4.87.